The lowest BCUT2D eigenvalue weighted by atomic mass is 10.7. The summed E-state index contributed by atoms with van der Waals surface area (Å²) in [7, 11) is 0. The van der Waals surface area contributed by atoms with Gasteiger partial charge in [0.15, 0.2) is 5.95 Å². The third-order valence-electron chi connectivity index (χ3n) is 0.775. The van der Waals surface area contributed by atoms with Crippen LogP contribution in [0.1, 0.15) is 13.8 Å². The Hall–Kier alpha value is -0.420. The van der Waals surface area contributed by atoms with E-state index in [0.29, 0.717) is 10.6 Å². The monoisotopic (exact) mass is 235 g/mol. The van der Waals surface area contributed by atoms with E-state index in [-0.39, 0.29) is 0 Å². The molecule has 62 valence electrons. The van der Waals surface area contributed by atoms with Crippen molar-refractivity contribution in [3.63, 3.8) is 0 Å². The Morgan fingerprint density at radius 3 is 2.55 bits per heavy atom. The maximum atomic E-state index is 5.27. The number of nitrogens with one attached hydrogen (secondary N) is 1. The molecule has 5 heteroatoms. The predicted molar refractivity (Wildman–Crippen MR) is 52.9 cm³/mol. The molecule has 0 atom stereocenters. The van der Waals surface area contributed by atoms with E-state index in [4.69, 9.17) is 18.0 Å². The van der Waals surface area contributed by atoms with Crippen LogP contribution in [0.15, 0.2) is 10.7 Å². The molecule has 0 fully saturated rings. The van der Waals surface area contributed by atoms with Crippen LogP contribution in [0.25, 0.3) is 0 Å². The molecular formula is C6H10BrN3S. The average Bonchev–Trinajstić information content (AvgIpc) is 2.02. The van der Waals surface area contributed by atoms with Crippen molar-refractivity contribution in [1.29, 1.82) is 0 Å². The lowest BCUT2D eigenvalue weighted by Gasteiger charge is -1.91. The van der Waals surface area contributed by atoms with Gasteiger partial charge in [-0.15, -0.1) is 0 Å². The molecule has 3 N–H and O–H groups in total. The van der Waals surface area contributed by atoms with Gasteiger partial charge in [-0.25, -0.2) is 4.98 Å². The molecule has 1 aromatic heterocycles. The van der Waals surface area contributed by atoms with Crippen molar-refractivity contribution in [3.05, 3.63) is 15.3 Å². The fraction of sp³-hybridized carbons (Fsp3) is 0.333. The molecule has 0 amide bonds. The number of nitrogens with zero attached hydrogens (tertiary/aromatic N) is 1. The van der Waals surface area contributed by atoms with Gasteiger partial charge < -0.3 is 10.7 Å². The summed E-state index contributed by atoms with van der Waals surface area (Å²) in [5.74, 6) is 0.336. The minimum atomic E-state index is 0.336. The van der Waals surface area contributed by atoms with Gasteiger partial charge in [-0.05, 0) is 15.9 Å². The van der Waals surface area contributed by atoms with Gasteiger partial charge >= 0.3 is 0 Å². The van der Waals surface area contributed by atoms with E-state index < -0.39 is 0 Å². The van der Waals surface area contributed by atoms with Gasteiger partial charge in [0.25, 0.3) is 0 Å². The molecule has 1 rings (SSSR count). The molecule has 11 heavy (non-hydrogen) atoms. The van der Waals surface area contributed by atoms with Gasteiger partial charge in [0.05, 0.1) is 4.47 Å². The van der Waals surface area contributed by atoms with Crippen LogP contribution in [-0.2, 0) is 0 Å². The molecule has 0 aliphatic carbocycles. The molecule has 0 radical (unpaired) electrons. The highest BCUT2D eigenvalue weighted by molar-refractivity contribution is 9.10. The summed E-state index contributed by atoms with van der Waals surface area (Å²) in [5.41, 5.74) is 5.27. The van der Waals surface area contributed by atoms with Crippen molar-refractivity contribution in [2.75, 3.05) is 5.73 Å². The molecule has 0 aliphatic rings. The minimum absolute atomic E-state index is 0.336. The van der Waals surface area contributed by atoms with E-state index in [1.165, 1.54) is 0 Å². The van der Waals surface area contributed by atoms with E-state index in [9.17, 15) is 0 Å². The summed E-state index contributed by atoms with van der Waals surface area (Å²) in [6.45, 7) is 4.00. The standard InChI is InChI=1S/C4H4BrN3S.C2H6/c5-2-1-7-4(6)8-3(2)9;1-2/h1H,(H3,6,7,8,9);1-2H3. The number of anilines is 1. The molecule has 0 saturated heterocycles. The number of hydrogen-bond acceptors (Lipinski definition) is 3. The first kappa shape index (κ1) is 10.6. The van der Waals surface area contributed by atoms with Crippen LogP contribution >= 0.6 is 28.1 Å². The second-order valence-corrected chi connectivity index (χ2v) is 2.71. The summed E-state index contributed by atoms with van der Waals surface area (Å²) >= 11 is 7.99. The van der Waals surface area contributed by atoms with E-state index in [0.717, 1.165) is 4.47 Å². The largest absolute Gasteiger partial charge is 0.369 e. The third kappa shape index (κ3) is 3.48. The Morgan fingerprint density at radius 1 is 1.64 bits per heavy atom. The maximum Gasteiger partial charge on any atom is 0.198 e. The van der Waals surface area contributed by atoms with E-state index >= 15 is 0 Å². The fourth-order valence-electron chi connectivity index (χ4n) is 0.393. The first-order valence-electron chi connectivity index (χ1n) is 3.20. The number of nitrogen functional groups attached to an aromatic ring is 1. The Kier molecular flexibility index (Phi) is 5.06. The Bertz CT molecular complexity index is 271. The third-order valence-corrected chi connectivity index (χ3v) is 1.96. The summed E-state index contributed by atoms with van der Waals surface area (Å²) in [5, 5.41) is 0. The van der Waals surface area contributed by atoms with Crippen LogP contribution in [-0.4, -0.2) is 9.97 Å². The first-order valence-corrected chi connectivity index (χ1v) is 4.40. The van der Waals surface area contributed by atoms with Crippen molar-refractivity contribution in [1.82, 2.24) is 9.97 Å². The molecule has 3 nitrogen and oxygen atoms in total. The molecule has 0 bridgehead atoms. The molecule has 0 saturated carbocycles. The number of rotatable bonds is 0. The Balaban J connectivity index is 0.000000461. The summed E-state index contributed by atoms with van der Waals surface area (Å²) < 4.78 is 1.33. The minimum Gasteiger partial charge on any atom is -0.369 e. The van der Waals surface area contributed by atoms with E-state index in [2.05, 4.69) is 25.9 Å². The first-order chi connectivity index (χ1) is 5.20. The SMILES string of the molecule is CC.Nc1ncc(Br)c(=S)[nH]1. The number of nitrogens with two attached hydrogens (primary N) is 1. The van der Waals surface area contributed by atoms with Crippen molar-refractivity contribution >= 4 is 34.1 Å². The van der Waals surface area contributed by atoms with Crippen LogP contribution in [0.4, 0.5) is 5.95 Å². The highest BCUT2D eigenvalue weighted by Gasteiger charge is 1.89. The molecule has 0 spiro atoms. The smallest absolute Gasteiger partial charge is 0.198 e. The van der Waals surface area contributed by atoms with Crippen molar-refractivity contribution < 1.29 is 0 Å². The van der Waals surface area contributed by atoms with Crippen LogP contribution in [0.5, 0.6) is 0 Å². The van der Waals surface area contributed by atoms with Gasteiger partial charge in [-0.2, -0.15) is 0 Å². The van der Waals surface area contributed by atoms with Crippen LogP contribution in [0.2, 0.25) is 0 Å². The topological polar surface area (TPSA) is 54.7 Å². The van der Waals surface area contributed by atoms with Gasteiger partial charge in [-0.1, -0.05) is 26.1 Å². The number of hydrogen-bond donors (Lipinski definition) is 2. The molecular weight excluding hydrogens is 226 g/mol. The normalized spacial score (nSPS) is 8.27. The van der Waals surface area contributed by atoms with Crippen LogP contribution < -0.4 is 5.73 Å². The number of aromatic nitrogens is 2. The lowest BCUT2D eigenvalue weighted by Crippen LogP contribution is -1.93. The Morgan fingerprint density at radius 2 is 2.18 bits per heavy atom. The summed E-state index contributed by atoms with van der Waals surface area (Å²) in [4.78, 5) is 6.42. The molecule has 1 aromatic rings. The number of halogens is 1. The highest BCUT2D eigenvalue weighted by atomic mass is 79.9. The van der Waals surface area contributed by atoms with Gasteiger partial charge in [-0.3, -0.25) is 0 Å². The van der Waals surface area contributed by atoms with Gasteiger partial charge in [0, 0.05) is 6.20 Å². The van der Waals surface area contributed by atoms with Gasteiger partial charge in [0.2, 0.25) is 0 Å². The van der Waals surface area contributed by atoms with Gasteiger partial charge in [0.1, 0.15) is 4.64 Å². The number of H-pyrrole nitrogens is 1. The second-order valence-electron chi connectivity index (χ2n) is 1.45. The zero-order valence-corrected chi connectivity index (χ0v) is 8.79. The summed E-state index contributed by atoms with van der Waals surface area (Å²) in [6.07, 6.45) is 1.56. The van der Waals surface area contributed by atoms with Crippen LogP contribution in [0.3, 0.4) is 0 Å². The zero-order valence-electron chi connectivity index (χ0n) is 6.39. The predicted octanol–water partition coefficient (Wildman–Crippen LogP) is 2.51. The fourth-order valence-corrected chi connectivity index (χ4v) is 0.752. The average molecular weight is 236 g/mol. The number of aromatic amines is 1. The Labute approximate surface area is 79.2 Å². The highest BCUT2D eigenvalue weighted by Crippen LogP contribution is 2.07. The van der Waals surface area contributed by atoms with Crippen molar-refractivity contribution in [2.24, 2.45) is 0 Å². The van der Waals surface area contributed by atoms with Crippen LogP contribution in [0, 0.1) is 4.64 Å². The zero-order chi connectivity index (χ0) is 8.85. The lowest BCUT2D eigenvalue weighted by molar-refractivity contribution is 1.15. The molecule has 1 heterocycles. The summed E-state index contributed by atoms with van der Waals surface area (Å²) in [6, 6.07) is 0. The molecule has 0 aliphatic heterocycles. The van der Waals surface area contributed by atoms with Crippen molar-refractivity contribution in [3.8, 4) is 0 Å². The van der Waals surface area contributed by atoms with Crippen molar-refractivity contribution in [2.45, 2.75) is 13.8 Å². The molecule has 0 aromatic carbocycles. The maximum absolute atomic E-state index is 5.27. The van der Waals surface area contributed by atoms with E-state index in [1.54, 1.807) is 6.20 Å². The quantitative estimate of drug-likeness (QED) is 0.680. The second kappa shape index (κ2) is 5.26. The molecule has 0 unspecified atom stereocenters. The van der Waals surface area contributed by atoms with E-state index in [1.807, 2.05) is 13.8 Å².